The van der Waals surface area contributed by atoms with E-state index in [1.165, 1.54) is 19.3 Å². The number of hydrogen-bond acceptors (Lipinski definition) is 3. The minimum absolute atomic E-state index is 0.109. The molecule has 3 N–H and O–H groups in total. The summed E-state index contributed by atoms with van der Waals surface area (Å²) in [5, 5.41) is 2.84. The predicted molar refractivity (Wildman–Crippen MR) is 83.1 cm³/mol. The summed E-state index contributed by atoms with van der Waals surface area (Å²) in [5.74, 6) is 0.545. The number of unbranched alkanes of at least 4 members (excludes halogenated alkanes) is 3. The molecule has 0 saturated heterocycles. The molecule has 0 aliphatic rings. The Labute approximate surface area is 121 Å². The van der Waals surface area contributed by atoms with Gasteiger partial charge in [-0.2, -0.15) is 0 Å². The molecule has 0 saturated carbocycles. The minimum atomic E-state index is -0.110. The Morgan fingerprint density at radius 1 is 1.30 bits per heavy atom. The summed E-state index contributed by atoms with van der Waals surface area (Å²) < 4.78 is 5.64. The third-order valence-corrected chi connectivity index (χ3v) is 2.95. The Morgan fingerprint density at radius 3 is 2.65 bits per heavy atom. The number of nitrogen functional groups attached to an aromatic ring is 1. The first-order valence-corrected chi connectivity index (χ1v) is 7.37. The Morgan fingerprint density at radius 2 is 2.05 bits per heavy atom. The first-order valence-electron chi connectivity index (χ1n) is 7.37. The molecule has 112 valence electrons. The Kier molecular flexibility index (Phi) is 6.91. The van der Waals surface area contributed by atoms with Crippen molar-refractivity contribution in [3.63, 3.8) is 0 Å². The third-order valence-electron chi connectivity index (χ3n) is 2.95. The molecule has 4 heteroatoms. The zero-order chi connectivity index (χ0) is 15.0. The van der Waals surface area contributed by atoms with Crippen LogP contribution in [0.15, 0.2) is 18.2 Å². The molecule has 0 radical (unpaired) electrons. The SMILES string of the molecule is CCCCCCOc1ccc(C(=O)NC(C)C)cc1N. The minimum Gasteiger partial charge on any atom is -0.491 e. The maximum atomic E-state index is 11.8. The average molecular weight is 278 g/mol. The van der Waals surface area contributed by atoms with Gasteiger partial charge in [-0.3, -0.25) is 4.79 Å². The van der Waals surface area contributed by atoms with Gasteiger partial charge in [-0.05, 0) is 38.5 Å². The fourth-order valence-electron chi connectivity index (χ4n) is 1.88. The van der Waals surface area contributed by atoms with Gasteiger partial charge in [0.25, 0.3) is 5.91 Å². The first-order chi connectivity index (χ1) is 9.54. The molecule has 0 aliphatic carbocycles. The topological polar surface area (TPSA) is 64.3 Å². The largest absolute Gasteiger partial charge is 0.491 e. The standard InChI is InChI=1S/C16H26N2O2/c1-4-5-6-7-10-20-15-9-8-13(11-14(15)17)16(19)18-12(2)3/h8-9,11-12H,4-7,10,17H2,1-3H3,(H,18,19). The number of nitrogens with one attached hydrogen (secondary N) is 1. The van der Waals surface area contributed by atoms with E-state index in [0.717, 1.165) is 6.42 Å². The van der Waals surface area contributed by atoms with Gasteiger partial charge in [0.2, 0.25) is 0 Å². The molecule has 1 amide bonds. The lowest BCUT2D eigenvalue weighted by Gasteiger charge is -2.12. The highest BCUT2D eigenvalue weighted by Gasteiger charge is 2.09. The number of nitrogens with two attached hydrogens (primary N) is 1. The summed E-state index contributed by atoms with van der Waals surface area (Å²) in [6.07, 6.45) is 4.64. The highest BCUT2D eigenvalue weighted by atomic mass is 16.5. The van der Waals surface area contributed by atoms with Crippen molar-refractivity contribution in [1.29, 1.82) is 0 Å². The number of carbonyl (C=O) groups excluding carboxylic acids is 1. The molecule has 0 fully saturated rings. The van der Waals surface area contributed by atoms with Crippen molar-refractivity contribution in [2.24, 2.45) is 0 Å². The predicted octanol–water partition coefficient (Wildman–Crippen LogP) is 3.37. The van der Waals surface area contributed by atoms with Crippen LogP contribution in [0.5, 0.6) is 5.75 Å². The molecule has 0 unspecified atom stereocenters. The Bertz CT molecular complexity index is 430. The molecular formula is C16H26N2O2. The van der Waals surface area contributed by atoms with E-state index in [1.54, 1.807) is 18.2 Å². The maximum Gasteiger partial charge on any atom is 0.251 e. The maximum absolute atomic E-state index is 11.8. The van der Waals surface area contributed by atoms with Crippen molar-refractivity contribution >= 4 is 11.6 Å². The van der Waals surface area contributed by atoms with Crippen LogP contribution < -0.4 is 15.8 Å². The summed E-state index contributed by atoms with van der Waals surface area (Å²) in [6.45, 7) is 6.70. The molecule has 1 aromatic rings. The second-order valence-corrected chi connectivity index (χ2v) is 5.29. The number of amides is 1. The monoisotopic (exact) mass is 278 g/mol. The van der Waals surface area contributed by atoms with Gasteiger partial charge in [-0.25, -0.2) is 0 Å². The molecule has 1 rings (SSSR count). The van der Waals surface area contributed by atoms with Crippen LogP contribution in [0.1, 0.15) is 56.8 Å². The van der Waals surface area contributed by atoms with E-state index in [4.69, 9.17) is 10.5 Å². The molecule has 0 aromatic heterocycles. The molecule has 0 heterocycles. The van der Waals surface area contributed by atoms with Crippen LogP contribution in [0.25, 0.3) is 0 Å². The second-order valence-electron chi connectivity index (χ2n) is 5.29. The lowest BCUT2D eigenvalue weighted by molar-refractivity contribution is 0.0943. The quantitative estimate of drug-likeness (QED) is 0.566. The number of ether oxygens (including phenoxy) is 1. The van der Waals surface area contributed by atoms with Gasteiger partial charge < -0.3 is 15.8 Å². The summed E-state index contributed by atoms with van der Waals surface area (Å²) in [4.78, 5) is 11.8. The van der Waals surface area contributed by atoms with Crippen molar-refractivity contribution in [2.75, 3.05) is 12.3 Å². The van der Waals surface area contributed by atoms with Crippen LogP contribution in [-0.2, 0) is 0 Å². The molecule has 0 bridgehead atoms. The number of carbonyl (C=O) groups is 1. The summed E-state index contributed by atoms with van der Waals surface area (Å²) in [7, 11) is 0. The summed E-state index contributed by atoms with van der Waals surface area (Å²) in [5.41, 5.74) is 7.00. The van der Waals surface area contributed by atoms with E-state index in [-0.39, 0.29) is 11.9 Å². The van der Waals surface area contributed by atoms with Gasteiger partial charge in [-0.15, -0.1) is 0 Å². The van der Waals surface area contributed by atoms with Crippen molar-refractivity contribution in [3.8, 4) is 5.75 Å². The normalized spacial score (nSPS) is 10.6. The molecule has 0 spiro atoms. The Balaban J connectivity index is 2.53. The fraction of sp³-hybridized carbons (Fsp3) is 0.562. The van der Waals surface area contributed by atoms with Crippen molar-refractivity contribution in [1.82, 2.24) is 5.32 Å². The number of benzene rings is 1. The first kappa shape index (κ1) is 16.3. The number of anilines is 1. The number of rotatable bonds is 8. The molecular weight excluding hydrogens is 252 g/mol. The van der Waals surface area contributed by atoms with Gasteiger partial charge in [0.15, 0.2) is 0 Å². The van der Waals surface area contributed by atoms with E-state index in [0.29, 0.717) is 23.6 Å². The zero-order valence-electron chi connectivity index (χ0n) is 12.7. The molecule has 1 aromatic carbocycles. The lowest BCUT2D eigenvalue weighted by Crippen LogP contribution is -2.30. The van der Waals surface area contributed by atoms with E-state index in [2.05, 4.69) is 12.2 Å². The van der Waals surface area contributed by atoms with E-state index >= 15 is 0 Å². The van der Waals surface area contributed by atoms with Gasteiger partial charge >= 0.3 is 0 Å². The van der Waals surface area contributed by atoms with E-state index in [9.17, 15) is 4.79 Å². The van der Waals surface area contributed by atoms with Crippen molar-refractivity contribution in [3.05, 3.63) is 23.8 Å². The van der Waals surface area contributed by atoms with Gasteiger partial charge in [0.1, 0.15) is 5.75 Å². The molecule has 4 nitrogen and oxygen atoms in total. The second kappa shape index (κ2) is 8.46. The Hall–Kier alpha value is -1.71. The molecule has 0 atom stereocenters. The summed E-state index contributed by atoms with van der Waals surface area (Å²) >= 11 is 0. The fourth-order valence-corrected chi connectivity index (χ4v) is 1.88. The van der Waals surface area contributed by atoms with Crippen molar-refractivity contribution in [2.45, 2.75) is 52.5 Å². The van der Waals surface area contributed by atoms with E-state index in [1.807, 2.05) is 13.8 Å². The summed E-state index contributed by atoms with van der Waals surface area (Å²) in [6, 6.07) is 5.29. The molecule has 20 heavy (non-hydrogen) atoms. The zero-order valence-corrected chi connectivity index (χ0v) is 12.7. The smallest absolute Gasteiger partial charge is 0.251 e. The van der Waals surface area contributed by atoms with Crippen LogP contribution in [0.2, 0.25) is 0 Å². The van der Waals surface area contributed by atoms with Crippen LogP contribution in [0.3, 0.4) is 0 Å². The van der Waals surface area contributed by atoms with Gasteiger partial charge in [0, 0.05) is 11.6 Å². The molecule has 0 aliphatic heterocycles. The number of hydrogen-bond donors (Lipinski definition) is 2. The van der Waals surface area contributed by atoms with Crippen LogP contribution in [0, 0.1) is 0 Å². The van der Waals surface area contributed by atoms with Crippen molar-refractivity contribution < 1.29 is 9.53 Å². The highest BCUT2D eigenvalue weighted by molar-refractivity contribution is 5.95. The van der Waals surface area contributed by atoms with Crippen LogP contribution in [0.4, 0.5) is 5.69 Å². The van der Waals surface area contributed by atoms with E-state index < -0.39 is 0 Å². The van der Waals surface area contributed by atoms with Gasteiger partial charge in [0.05, 0.1) is 12.3 Å². The van der Waals surface area contributed by atoms with Gasteiger partial charge in [-0.1, -0.05) is 26.2 Å². The highest BCUT2D eigenvalue weighted by Crippen LogP contribution is 2.23. The van der Waals surface area contributed by atoms with Crippen LogP contribution >= 0.6 is 0 Å². The third kappa shape index (κ3) is 5.51. The lowest BCUT2D eigenvalue weighted by atomic mass is 10.1. The average Bonchev–Trinajstić information content (AvgIpc) is 2.39. The van der Waals surface area contributed by atoms with Crippen LogP contribution in [-0.4, -0.2) is 18.6 Å².